The van der Waals surface area contributed by atoms with E-state index < -0.39 is 10.0 Å². The highest BCUT2D eigenvalue weighted by atomic mass is 79.9. The molecule has 0 bridgehead atoms. The Labute approximate surface area is 139 Å². The van der Waals surface area contributed by atoms with Gasteiger partial charge in [0.2, 0.25) is 15.9 Å². The van der Waals surface area contributed by atoms with Gasteiger partial charge < -0.3 is 10.6 Å². The first-order valence-corrected chi connectivity index (χ1v) is 9.33. The Morgan fingerprint density at radius 2 is 1.77 bits per heavy atom. The lowest BCUT2D eigenvalue weighted by molar-refractivity contribution is -0.132. The predicted octanol–water partition coefficient (Wildman–Crippen LogP) is 1.02. The minimum atomic E-state index is -3.50. The molecule has 1 aliphatic heterocycles. The molecule has 1 heterocycles. The van der Waals surface area contributed by atoms with Crippen molar-refractivity contribution in [2.24, 2.45) is 5.73 Å². The second kappa shape index (κ2) is 7.08. The monoisotopic (exact) mass is 389 g/mol. The van der Waals surface area contributed by atoms with E-state index >= 15 is 0 Å². The number of carbonyl (C=O) groups excluding carboxylic acids is 1. The van der Waals surface area contributed by atoms with Crippen molar-refractivity contribution in [3.63, 3.8) is 0 Å². The van der Waals surface area contributed by atoms with E-state index in [1.54, 1.807) is 36.1 Å². The molecule has 0 radical (unpaired) electrons. The van der Waals surface area contributed by atoms with Crippen LogP contribution in [0.15, 0.2) is 33.6 Å². The van der Waals surface area contributed by atoms with Crippen LogP contribution >= 0.6 is 15.9 Å². The van der Waals surface area contributed by atoms with Crippen molar-refractivity contribution in [1.29, 1.82) is 0 Å². The maximum atomic E-state index is 12.5. The number of nitrogens with zero attached hydrogens (tertiary/aromatic N) is 2. The summed E-state index contributed by atoms with van der Waals surface area (Å²) in [5.74, 6) is -0.0179. The molecule has 22 heavy (non-hydrogen) atoms. The maximum Gasteiger partial charge on any atom is 0.243 e. The summed E-state index contributed by atoms with van der Waals surface area (Å²) in [6, 6.07) is 6.38. The summed E-state index contributed by atoms with van der Waals surface area (Å²) in [7, 11) is -3.50. The van der Waals surface area contributed by atoms with Crippen molar-refractivity contribution in [3.8, 4) is 0 Å². The summed E-state index contributed by atoms with van der Waals surface area (Å²) in [5, 5.41) is 0. The quantitative estimate of drug-likeness (QED) is 0.832. The summed E-state index contributed by atoms with van der Waals surface area (Å²) < 4.78 is 27.3. The Morgan fingerprint density at radius 3 is 2.27 bits per heavy atom. The molecule has 1 amide bonds. The molecule has 122 valence electrons. The van der Waals surface area contributed by atoms with Crippen LogP contribution in [0.5, 0.6) is 0 Å². The van der Waals surface area contributed by atoms with E-state index in [-0.39, 0.29) is 16.8 Å². The summed E-state index contributed by atoms with van der Waals surface area (Å²) >= 11 is 3.29. The van der Waals surface area contributed by atoms with Crippen molar-refractivity contribution in [3.05, 3.63) is 28.7 Å². The van der Waals surface area contributed by atoms with Gasteiger partial charge in [-0.3, -0.25) is 4.79 Å². The molecule has 0 saturated carbocycles. The van der Waals surface area contributed by atoms with E-state index in [0.717, 1.165) is 4.47 Å². The van der Waals surface area contributed by atoms with Gasteiger partial charge in [0.25, 0.3) is 0 Å². The molecular formula is C14H20BrN3O3S. The van der Waals surface area contributed by atoms with Crippen molar-refractivity contribution >= 4 is 31.9 Å². The smallest absolute Gasteiger partial charge is 0.243 e. The van der Waals surface area contributed by atoms with Gasteiger partial charge in [0, 0.05) is 43.1 Å². The Morgan fingerprint density at radius 1 is 1.23 bits per heavy atom. The SMILES string of the molecule is CC(N)CC(=O)N1CCN(S(=O)(=O)c2ccc(Br)cc2)CC1. The molecule has 0 spiro atoms. The Balaban J connectivity index is 2.01. The van der Waals surface area contributed by atoms with Crippen LogP contribution in [0.4, 0.5) is 0 Å². The van der Waals surface area contributed by atoms with Crippen LogP contribution in [-0.2, 0) is 14.8 Å². The molecule has 1 atom stereocenters. The number of nitrogens with two attached hydrogens (primary N) is 1. The molecular weight excluding hydrogens is 370 g/mol. The number of amides is 1. The molecule has 2 rings (SSSR count). The summed E-state index contributed by atoms with van der Waals surface area (Å²) in [6.45, 7) is 3.21. The zero-order valence-electron chi connectivity index (χ0n) is 12.4. The van der Waals surface area contributed by atoms with Gasteiger partial charge in [-0.2, -0.15) is 4.31 Å². The largest absolute Gasteiger partial charge is 0.340 e. The highest BCUT2D eigenvalue weighted by Gasteiger charge is 2.30. The highest BCUT2D eigenvalue weighted by molar-refractivity contribution is 9.10. The Kier molecular flexibility index (Phi) is 5.60. The second-order valence-corrected chi connectivity index (χ2v) is 8.27. The zero-order chi connectivity index (χ0) is 16.3. The van der Waals surface area contributed by atoms with Crippen LogP contribution in [0, 0.1) is 0 Å². The third-order valence-corrected chi connectivity index (χ3v) is 5.98. The van der Waals surface area contributed by atoms with Crippen molar-refractivity contribution in [2.45, 2.75) is 24.3 Å². The van der Waals surface area contributed by atoms with E-state index in [4.69, 9.17) is 5.73 Å². The standard InChI is InChI=1S/C14H20BrN3O3S/c1-11(16)10-14(19)17-6-8-18(9-7-17)22(20,21)13-4-2-12(15)3-5-13/h2-5,11H,6-10,16H2,1H3. The number of piperazine rings is 1. The maximum absolute atomic E-state index is 12.5. The van der Waals surface area contributed by atoms with E-state index in [2.05, 4.69) is 15.9 Å². The molecule has 1 fully saturated rings. The topological polar surface area (TPSA) is 83.7 Å². The lowest BCUT2D eigenvalue weighted by atomic mass is 10.2. The van der Waals surface area contributed by atoms with Crippen LogP contribution in [0.2, 0.25) is 0 Å². The molecule has 8 heteroatoms. The third kappa shape index (κ3) is 4.07. The normalized spacial score (nSPS) is 18.2. The number of halogens is 1. The lowest BCUT2D eigenvalue weighted by Gasteiger charge is -2.34. The number of carbonyl (C=O) groups is 1. The molecule has 1 aliphatic rings. The first-order chi connectivity index (χ1) is 10.3. The average molecular weight is 390 g/mol. The summed E-state index contributed by atoms with van der Waals surface area (Å²) in [4.78, 5) is 13.9. The zero-order valence-corrected chi connectivity index (χ0v) is 14.8. The summed E-state index contributed by atoms with van der Waals surface area (Å²) in [6.07, 6.45) is 0.291. The molecule has 0 aliphatic carbocycles. The van der Waals surface area contributed by atoms with Gasteiger partial charge in [0.15, 0.2) is 0 Å². The number of sulfonamides is 1. The lowest BCUT2D eigenvalue weighted by Crippen LogP contribution is -2.51. The van der Waals surface area contributed by atoms with E-state index in [9.17, 15) is 13.2 Å². The van der Waals surface area contributed by atoms with Crippen LogP contribution in [0.25, 0.3) is 0 Å². The first-order valence-electron chi connectivity index (χ1n) is 7.10. The fourth-order valence-corrected chi connectivity index (χ4v) is 4.02. The minimum Gasteiger partial charge on any atom is -0.340 e. The van der Waals surface area contributed by atoms with E-state index in [1.807, 2.05) is 0 Å². The van der Waals surface area contributed by atoms with Crippen LogP contribution in [0.3, 0.4) is 0 Å². The fourth-order valence-electron chi connectivity index (χ4n) is 2.34. The van der Waals surface area contributed by atoms with Gasteiger partial charge in [-0.1, -0.05) is 15.9 Å². The van der Waals surface area contributed by atoms with Crippen molar-refractivity contribution < 1.29 is 13.2 Å². The van der Waals surface area contributed by atoms with Crippen molar-refractivity contribution in [1.82, 2.24) is 9.21 Å². The molecule has 1 unspecified atom stereocenters. The molecule has 1 saturated heterocycles. The van der Waals surface area contributed by atoms with Gasteiger partial charge in [0.05, 0.1) is 4.90 Å². The Bertz CT molecular complexity index is 623. The number of hydrogen-bond donors (Lipinski definition) is 1. The van der Waals surface area contributed by atoms with Crippen LogP contribution < -0.4 is 5.73 Å². The van der Waals surface area contributed by atoms with Gasteiger partial charge in [0.1, 0.15) is 0 Å². The number of rotatable bonds is 4. The molecule has 1 aromatic carbocycles. The molecule has 1 aromatic rings. The summed E-state index contributed by atoms with van der Waals surface area (Å²) in [5.41, 5.74) is 5.63. The Hall–Kier alpha value is -0.960. The van der Waals surface area contributed by atoms with E-state index in [0.29, 0.717) is 32.6 Å². The predicted molar refractivity (Wildman–Crippen MR) is 87.7 cm³/mol. The van der Waals surface area contributed by atoms with Gasteiger partial charge in [-0.25, -0.2) is 8.42 Å². The third-order valence-electron chi connectivity index (χ3n) is 3.54. The fraction of sp³-hybridized carbons (Fsp3) is 0.500. The van der Waals surface area contributed by atoms with Gasteiger partial charge in [-0.15, -0.1) is 0 Å². The van der Waals surface area contributed by atoms with E-state index in [1.165, 1.54) is 4.31 Å². The minimum absolute atomic E-state index is 0.0179. The second-order valence-electron chi connectivity index (χ2n) is 5.42. The molecule has 0 aromatic heterocycles. The van der Waals surface area contributed by atoms with Crippen LogP contribution in [0.1, 0.15) is 13.3 Å². The number of hydrogen-bond acceptors (Lipinski definition) is 4. The van der Waals surface area contributed by atoms with Gasteiger partial charge >= 0.3 is 0 Å². The first kappa shape index (κ1) is 17.4. The van der Waals surface area contributed by atoms with Crippen molar-refractivity contribution in [2.75, 3.05) is 26.2 Å². The molecule has 6 nitrogen and oxygen atoms in total. The highest BCUT2D eigenvalue weighted by Crippen LogP contribution is 2.20. The molecule has 2 N–H and O–H groups in total. The average Bonchev–Trinajstić information content (AvgIpc) is 2.47. The number of benzene rings is 1. The van der Waals surface area contributed by atoms with Crippen LogP contribution in [-0.4, -0.2) is 55.8 Å². The van der Waals surface area contributed by atoms with Gasteiger partial charge in [-0.05, 0) is 31.2 Å².